The highest BCUT2D eigenvalue weighted by molar-refractivity contribution is 7.89. The first-order valence-electron chi connectivity index (χ1n) is 7.83. The maximum absolute atomic E-state index is 13.2. The van der Waals surface area contributed by atoms with Crippen LogP contribution in [0.3, 0.4) is 0 Å². The molecule has 1 fully saturated rings. The highest BCUT2D eigenvalue weighted by atomic mass is 32.2. The van der Waals surface area contributed by atoms with Gasteiger partial charge in [0.05, 0.1) is 4.90 Å². The van der Waals surface area contributed by atoms with Crippen LogP contribution in [0.15, 0.2) is 35.5 Å². The number of nitrogens with zero attached hydrogens (tertiary/aromatic N) is 3. The number of sulfonamides is 1. The second kappa shape index (κ2) is 6.37. The summed E-state index contributed by atoms with van der Waals surface area (Å²) in [5, 5.41) is 9.08. The second-order valence-electron chi connectivity index (χ2n) is 5.94. The summed E-state index contributed by atoms with van der Waals surface area (Å²) in [6.45, 7) is 3.64. The number of fused-ring (bicyclic) bond motifs is 1. The maximum atomic E-state index is 13.2. The van der Waals surface area contributed by atoms with Gasteiger partial charge in [0.15, 0.2) is 5.96 Å². The standard InChI is InChI=1S/C16H21N5O2S/c1-12-10-19-11-13-4-2-5-14(15(12)13)24(22,23)21-7-3-6-20(8-9-21)16(17)18/h2,4-5,10-11H,3,6-9H2,1H3,(H3,17,18). The van der Waals surface area contributed by atoms with Crippen LogP contribution in [0, 0.1) is 12.3 Å². The van der Waals surface area contributed by atoms with Crippen LogP contribution < -0.4 is 5.73 Å². The molecule has 0 amide bonds. The molecule has 2 heterocycles. The van der Waals surface area contributed by atoms with E-state index in [1.807, 2.05) is 13.0 Å². The summed E-state index contributed by atoms with van der Waals surface area (Å²) in [7, 11) is -3.62. The molecule has 128 valence electrons. The lowest BCUT2D eigenvalue weighted by Crippen LogP contribution is -2.40. The zero-order chi connectivity index (χ0) is 17.3. The van der Waals surface area contributed by atoms with Gasteiger partial charge >= 0.3 is 0 Å². The average molecular weight is 347 g/mol. The topological polar surface area (TPSA) is 103 Å². The van der Waals surface area contributed by atoms with Crippen LogP contribution in [0.4, 0.5) is 0 Å². The maximum Gasteiger partial charge on any atom is 0.243 e. The lowest BCUT2D eigenvalue weighted by molar-refractivity contribution is 0.404. The number of hydrogen-bond acceptors (Lipinski definition) is 4. The molecule has 2 aromatic rings. The lowest BCUT2D eigenvalue weighted by atomic mass is 10.1. The fraction of sp³-hybridized carbons (Fsp3) is 0.375. The van der Waals surface area contributed by atoms with E-state index in [0.717, 1.165) is 16.3 Å². The molecule has 3 N–H and O–H groups in total. The van der Waals surface area contributed by atoms with Crippen molar-refractivity contribution in [2.24, 2.45) is 5.73 Å². The Labute approximate surface area is 141 Å². The normalized spacial score (nSPS) is 17.0. The van der Waals surface area contributed by atoms with Crippen molar-refractivity contribution in [3.8, 4) is 0 Å². The highest BCUT2D eigenvalue weighted by Crippen LogP contribution is 2.28. The largest absolute Gasteiger partial charge is 0.370 e. The molecule has 0 atom stereocenters. The molecule has 0 saturated carbocycles. The van der Waals surface area contributed by atoms with Crippen LogP contribution in [0.2, 0.25) is 0 Å². The summed E-state index contributed by atoms with van der Waals surface area (Å²) in [5.74, 6) is -0.0127. The van der Waals surface area contributed by atoms with Crippen molar-refractivity contribution < 1.29 is 8.42 Å². The minimum absolute atomic E-state index is 0.0127. The van der Waals surface area contributed by atoms with Gasteiger partial charge in [-0.25, -0.2) is 8.42 Å². The van der Waals surface area contributed by atoms with Gasteiger partial charge in [-0.15, -0.1) is 0 Å². The van der Waals surface area contributed by atoms with Gasteiger partial charge in [0.2, 0.25) is 10.0 Å². The van der Waals surface area contributed by atoms with Crippen molar-refractivity contribution in [1.82, 2.24) is 14.2 Å². The molecular formula is C16H21N5O2S. The molecule has 1 aliphatic rings. The van der Waals surface area contributed by atoms with Crippen LogP contribution in [0.5, 0.6) is 0 Å². The Balaban J connectivity index is 2.01. The zero-order valence-electron chi connectivity index (χ0n) is 13.6. The van der Waals surface area contributed by atoms with Crippen molar-refractivity contribution in [3.63, 3.8) is 0 Å². The molecule has 0 unspecified atom stereocenters. The number of nitrogens with one attached hydrogen (secondary N) is 1. The number of benzene rings is 1. The summed E-state index contributed by atoms with van der Waals surface area (Å²) in [4.78, 5) is 6.16. The zero-order valence-corrected chi connectivity index (χ0v) is 14.4. The molecular weight excluding hydrogens is 326 g/mol. The first kappa shape index (κ1) is 16.7. The smallest absolute Gasteiger partial charge is 0.243 e. The molecule has 0 spiro atoms. The Morgan fingerprint density at radius 1 is 1.21 bits per heavy atom. The van der Waals surface area contributed by atoms with Gasteiger partial charge < -0.3 is 10.6 Å². The second-order valence-corrected chi connectivity index (χ2v) is 7.85. The van der Waals surface area contributed by atoms with Gasteiger partial charge in [0.25, 0.3) is 0 Å². The molecule has 1 aliphatic heterocycles. The van der Waals surface area contributed by atoms with Crippen LogP contribution in [-0.4, -0.2) is 54.7 Å². The van der Waals surface area contributed by atoms with Gasteiger partial charge in [-0.2, -0.15) is 4.31 Å². The predicted octanol–water partition coefficient (Wildman–Crippen LogP) is 1.13. The van der Waals surface area contributed by atoms with Gasteiger partial charge in [-0.1, -0.05) is 12.1 Å². The molecule has 24 heavy (non-hydrogen) atoms. The van der Waals surface area contributed by atoms with Crippen LogP contribution in [-0.2, 0) is 10.0 Å². The number of nitrogens with two attached hydrogens (primary N) is 1. The quantitative estimate of drug-likeness (QED) is 0.626. The van der Waals surface area contributed by atoms with E-state index in [4.69, 9.17) is 11.1 Å². The van der Waals surface area contributed by atoms with Crippen LogP contribution in [0.1, 0.15) is 12.0 Å². The molecule has 0 bridgehead atoms. The van der Waals surface area contributed by atoms with Gasteiger partial charge in [0.1, 0.15) is 0 Å². The SMILES string of the molecule is Cc1cncc2cccc(S(=O)(=O)N3CCCN(C(=N)N)CC3)c12. The first-order valence-corrected chi connectivity index (χ1v) is 9.28. The Kier molecular flexibility index (Phi) is 4.42. The van der Waals surface area contributed by atoms with E-state index >= 15 is 0 Å². The molecule has 1 saturated heterocycles. The van der Waals surface area contributed by atoms with Crippen molar-refractivity contribution in [2.75, 3.05) is 26.2 Å². The molecule has 8 heteroatoms. The summed E-state index contributed by atoms with van der Waals surface area (Å²) in [6, 6.07) is 5.27. The minimum Gasteiger partial charge on any atom is -0.370 e. The number of guanidine groups is 1. The monoisotopic (exact) mass is 347 g/mol. The van der Waals surface area contributed by atoms with E-state index in [9.17, 15) is 8.42 Å². The van der Waals surface area contributed by atoms with Gasteiger partial charge in [-0.05, 0) is 25.0 Å². The van der Waals surface area contributed by atoms with E-state index in [0.29, 0.717) is 37.5 Å². The fourth-order valence-corrected chi connectivity index (χ4v) is 4.86. The number of aromatic nitrogens is 1. The van der Waals surface area contributed by atoms with E-state index in [1.165, 1.54) is 4.31 Å². The number of pyridine rings is 1. The third-order valence-corrected chi connectivity index (χ3v) is 6.29. The predicted molar refractivity (Wildman–Crippen MR) is 93.3 cm³/mol. The van der Waals surface area contributed by atoms with Crippen molar-refractivity contribution in [3.05, 3.63) is 36.2 Å². The highest BCUT2D eigenvalue weighted by Gasteiger charge is 2.29. The fourth-order valence-electron chi connectivity index (χ4n) is 3.10. The Morgan fingerprint density at radius 3 is 2.75 bits per heavy atom. The average Bonchev–Trinajstić information content (AvgIpc) is 2.81. The van der Waals surface area contributed by atoms with E-state index in [1.54, 1.807) is 29.4 Å². The van der Waals surface area contributed by atoms with E-state index < -0.39 is 10.0 Å². The molecule has 1 aromatic carbocycles. The number of rotatable bonds is 2. The number of hydrogen-bond donors (Lipinski definition) is 2. The Bertz CT molecular complexity index is 876. The third kappa shape index (κ3) is 2.94. The molecule has 7 nitrogen and oxygen atoms in total. The molecule has 1 aromatic heterocycles. The molecule has 0 aliphatic carbocycles. The third-order valence-electron chi connectivity index (χ3n) is 4.35. The lowest BCUT2D eigenvalue weighted by Gasteiger charge is -2.22. The summed E-state index contributed by atoms with van der Waals surface area (Å²) < 4.78 is 27.9. The first-order chi connectivity index (χ1) is 11.4. The van der Waals surface area contributed by atoms with Crippen molar-refractivity contribution >= 4 is 26.8 Å². The Hall–Kier alpha value is -2.19. The summed E-state index contributed by atoms with van der Waals surface area (Å²) >= 11 is 0. The molecule has 0 radical (unpaired) electrons. The van der Waals surface area contributed by atoms with E-state index in [2.05, 4.69) is 4.98 Å². The Morgan fingerprint density at radius 2 is 2.00 bits per heavy atom. The van der Waals surface area contributed by atoms with Gasteiger partial charge in [0, 0.05) is 49.3 Å². The minimum atomic E-state index is -3.62. The summed E-state index contributed by atoms with van der Waals surface area (Å²) in [6.07, 6.45) is 4.01. The number of aryl methyl sites for hydroxylation is 1. The van der Waals surface area contributed by atoms with E-state index in [-0.39, 0.29) is 5.96 Å². The van der Waals surface area contributed by atoms with Crippen LogP contribution in [0.25, 0.3) is 10.8 Å². The summed E-state index contributed by atoms with van der Waals surface area (Å²) in [5.41, 5.74) is 6.37. The van der Waals surface area contributed by atoms with Crippen molar-refractivity contribution in [1.29, 1.82) is 5.41 Å². The van der Waals surface area contributed by atoms with Gasteiger partial charge in [-0.3, -0.25) is 10.4 Å². The van der Waals surface area contributed by atoms with Crippen LogP contribution >= 0.6 is 0 Å². The molecule has 3 rings (SSSR count). The van der Waals surface area contributed by atoms with Crippen molar-refractivity contribution in [2.45, 2.75) is 18.2 Å².